The second-order valence-electron chi connectivity index (χ2n) is 6.81. The number of aromatic nitrogens is 2. The molecule has 0 saturated heterocycles. The highest BCUT2D eigenvalue weighted by molar-refractivity contribution is 6.32. The van der Waals surface area contributed by atoms with Gasteiger partial charge >= 0.3 is 5.69 Å². The zero-order valence-electron chi connectivity index (χ0n) is 15.5. The molecule has 0 atom stereocenters. The van der Waals surface area contributed by atoms with Crippen LogP contribution in [0.15, 0.2) is 47.3 Å². The Balaban J connectivity index is 1.74. The number of rotatable bonds is 6. The molecule has 1 heterocycles. The van der Waals surface area contributed by atoms with Gasteiger partial charge in [0.2, 0.25) is 5.91 Å². The van der Waals surface area contributed by atoms with Crippen LogP contribution in [0.2, 0.25) is 5.02 Å². The smallest absolute Gasteiger partial charge is 0.329 e. The molecule has 0 aliphatic rings. The maximum atomic E-state index is 12.4. The van der Waals surface area contributed by atoms with E-state index in [1.54, 1.807) is 25.2 Å². The summed E-state index contributed by atoms with van der Waals surface area (Å²) in [6.45, 7) is 4.59. The number of imidazole rings is 1. The van der Waals surface area contributed by atoms with Crippen molar-refractivity contribution in [2.24, 2.45) is 13.0 Å². The fourth-order valence-corrected chi connectivity index (χ4v) is 3.05. The Morgan fingerprint density at radius 2 is 1.89 bits per heavy atom. The van der Waals surface area contributed by atoms with Crippen LogP contribution in [-0.2, 0) is 18.4 Å². The van der Waals surface area contributed by atoms with Crippen molar-refractivity contribution in [1.29, 1.82) is 0 Å². The maximum absolute atomic E-state index is 12.4. The maximum Gasteiger partial charge on any atom is 0.329 e. The summed E-state index contributed by atoms with van der Waals surface area (Å²) < 4.78 is 8.61. The van der Waals surface area contributed by atoms with Crippen LogP contribution in [0.5, 0.6) is 5.75 Å². The van der Waals surface area contributed by atoms with E-state index in [1.807, 2.05) is 24.3 Å². The average molecular weight is 388 g/mol. The van der Waals surface area contributed by atoms with Crippen LogP contribution >= 0.6 is 11.6 Å². The van der Waals surface area contributed by atoms with E-state index < -0.39 is 0 Å². The van der Waals surface area contributed by atoms with Gasteiger partial charge in [-0.15, -0.1) is 0 Å². The number of para-hydroxylation sites is 2. The van der Waals surface area contributed by atoms with Gasteiger partial charge in [-0.05, 0) is 36.2 Å². The normalized spacial score (nSPS) is 11.1. The van der Waals surface area contributed by atoms with Crippen molar-refractivity contribution in [3.05, 3.63) is 58.0 Å². The van der Waals surface area contributed by atoms with Gasteiger partial charge < -0.3 is 10.1 Å². The van der Waals surface area contributed by atoms with E-state index in [0.29, 0.717) is 29.0 Å². The predicted octanol–water partition coefficient (Wildman–Crippen LogP) is 3.67. The van der Waals surface area contributed by atoms with E-state index in [-0.39, 0.29) is 18.1 Å². The first-order chi connectivity index (χ1) is 12.9. The van der Waals surface area contributed by atoms with Crippen LogP contribution in [-0.4, -0.2) is 21.6 Å². The Morgan fingerprint density at radius 3 is 2.56 bits per heavy atom. The molecule has 0 saturated carbocycles. The van der Waals surface area contributed by atoms with Gasteiger partial charge in [0.05, 0.1) is 22.7 Å². The highest BCUT2D eigenvalue weighted by Gasteiger charge is 2.14. The van der Waals surface area contributed by atoms with Crippen molar-refractivity contribution in [3.63, 3.8) is 0 Å². The Labute approximate surface area is 162 Å². The molecular weight excluding hydrogens is 366 g/mol. The van der Waals surface area contributed by atoms with Crippen LogP contribution in [0.1, 0.15) is 13.8 Å². The zero-order valence-corrected chi connectivity index (χ0v) is 16.3. The summed E-state index contributed by atoms with van der Waals surface area (Å²) >= 11 is 6.23. The second kappa shape index (κ2) is 7.88. The average Bonchev–Trinajstić information content (AvgIpc) is 2.86. The molecule has 1 aromatic heterocycles. The summed E-state index contributed by atoms with van der Waals surface area (Å²) in [6, 6.07) is 12.5. The van der Waals surface area contributed by atoms with E-state index >= 15 is 0 Å². The van der Waals surface area contributed by atoms with Crippen LogP contribution in [0.25, 0.3) is 11.0 Å². The van der Waals surface area contributed by atoms with Gasteiger partial charge in [-0.2, -0.15) is 0 Å². The van der Waals surface area contributed by atoms with Crippen molar-refractivity contribution in [1.82, 2.24) is 9.13 Å². The third-order valence-electron chi connectivity index (χ3n) is 4.14. The molecule has 6 nitrogen and oxygen atoms in total. The SMILES string of the molecule is CC(C)COc1ccc(NC(=O)Cn2c(=O)n(C)c3ccccc32)cc1Cl. The molecule has 0 unspecified atom stereocenters. The summed E-state index contributed by atoms with van der Waals surface area (Å²) in [5.41, 5.74) is 1.82. The third-order valence-corrected chi connectivity index (χ3v) is 4.44. The number of fused-ring (bicyclic) bond motifs is 1. The number of nitrogens with zero attached hydrogens (tertiary/aromatic N) is 2. The number of anilines is 1. The van der Waals surface area contributed by atoms with Crippen molar-refractivity contribution < 1.29 is 9.53 Å². The number of amides is 1. The van der Waals surface area contributed by atoms with Gasteiger partial charge in [-0.3, -0.25) is 13.9 Å². The molecule has 0 bridgehead atoms. The second-order valence-corrected chi connectivity index (χ2v) is 7.22. The minimum absolute atomic E-state index is 0.0800. The molecule has 1 amide bonds. The summed E-state index contributed by atoms with van der Waals surface area (Å²) in [4.78, 5) is 24.9. The molecule has 3 aromatic rings. The topological polar surface area (TPSA) is 65.3 Å². The molecule has 142 valence electrons. The quantitative estimate of drug-likeness (QED) is 0.701. The van der Waals surface area contributed by atoms with Gasteiger partial charge in [0.1, 0.15) is 12.3 Å². The largest absolute Gasteiger partial charge is 0.492 e. The molecular formula is C20H22ClN3O3. The first-order valence-electron chi connectivity index (χ1n) is 8.73. The summed E-state index contributed by atoms with van der Waals surface area (Å²) in [6.07, 6.45) is 0. The first-order valence-corrected chi connectivity index (χ1v) is 9.11. The van der Waals surface area contributed by atoms with Gasteiger partial charge in [0.25, 0.3) is 0 Å². The Kier molecular flexibility index (Phi) is 5.56. The monoisotopic (exact) mass is 387 g/mol. The summed E-state index contributed by atoms with van der Waals surface area (Å²) in [5.74, 6) is 0.661. The lowest BCUT2D eigenvalue weighted by molar-refractivity contribution is -0.116. The van der Waals surface area contributed by atoms with E-state index in [0.717, 1.165) is 11.0 Å². The third kappa shape index (κ3) is 4.17. The summed E-state index contributed by atoms with van der Waals surface area (Å²) in [7, 11) is 1.69. The minimum Gasteiger partial charge on any atom is -0.492 e. The fraction of sp³-hybridized carbons (Fsp3) is 0.300. The number of benzene rings is 2. The first kappa shape index (κ1) is 19.0. The number of aryl methyl sites for hydroxylation is 1. The molecule has 0 fully saturated rings. The number of nitrogens with one attached hydrogen (secondary N) is 1. The molecule has 3 rings (SSSR count). The van der Waals surface area contributed by atoms with E-state index in [4.69, 9.17) is 16.3 Å². The van der Waals surface area contributed by atoms with Crippen molar-refractivity contribution in [2.75, 3.05) is 11.9 Å². The number of hydrogen-bond donors (Lipinski definition) is 1. The van der Waals surface area contributed by atoms with Crippen LogP contribution in [0.3, 0.4) is 0 Å². The van der Waals surface area contributed by atoms with Crippen molar-refractivity contribution in [3.8, 4) is 5.75 Å². The Bertz CT molecular complexity index is 1040. The zero-order chi connectivity index (χ0) is 19.6. The van der Waals surface area contributed by atoms with Gasteiger partial charge in [0, 0.05) is 12.7 Å². The van der Waals surface area contributed by atoms with Crippen molar-refractivity contribution in [2.45, 2.75) is 20.4 Å². The van der Waals surface area contributed by atoms with Gasteiger partial charge in [0.15, 0.2) is 0 Å². The highest BCUT2D eigenvalue weighted by atomic mass is 35.5. The standard InChI is InChI=1S/C20H22ClN3O3/c1-13(2)12-27-18-9-8-14(10-15(18)21)22-19(25)11-24-17-7-5-4-6-16(17)23(3)20(24)26/h4-10,13H,11-12H2,1-3H3,(H,22,25). The number of halogens is 1. The number of carbonyl (C=O) groups excluding carboxylic acids is 1. The van der Waals surface area contributed by atoms with E-state index in [1.165, 1.54) is 9.13 Å². The fourth-order valence-electron chi connectivity index (χ4n) is 2.81. The van der Waals surface area contributed by atoms with E-state index in [9.17, 15) is 9.59 Å². The molecule has 0 radical (unpaired) electrons. The lowest BCUT2D eigenvalue weighted by Gasteiger charge is -2.12. The molecule has 0 spiro atoms. The molecule has 7 heteroatoms. The number of carbonyl (C=O) groups is 1. The lowest BCUT2D eigenvalue weighted by atomic mass is 10.2. The molecule has 0 aliphatic carbocycles. The van der Waals surface area contributed by atoms with Crippen LogP contribution in [0.4, 0.5) is 5.69 Å². The number of hydrogen-bond acceptors (Lipinski definition) is 3. The number of ether oxygens (including phenoxy) is 1. The lowest BCUT2D eigenvalue weighted by Crippen LogP contribution is -2.28. The van der Waals surface area contributed by atoms with Crippen molar-refractivity contribution >= 4 is 34.2 Å². The molecule has 27 heavy (non-hydrogen) atoms. The van der Waals surface area contributed by atoms with E-state index in [2.05, 4.69) is 19.2 Å². The molecule has 1 N–H and O–H groups in total. The Hall–Kier alpha value is -2.73. The molecule has 2 aromatic carbocycles. The van der Waals surface area contributed by atoms with Crippen LogP contribution in [0, 0.1) is 5.92 Å². The van der Waals surface area contributed by atoms with Gasteiger partial charge in [-0.25, -0.2) is 4.79 Å². The summed E-state index contributed by atoms with van der Waals surface area (Å²) in [5, 5.41) is 3.20. The van der Waals surface area contributed by atoms with Crippen LogP contribution < -0.4 is 15.7 Å². The Morgan fingerprint density at radius 1 is 1.19 bits per heavy atom. The predicted molar refractivity (Wildman–Crippen MR) is 108 cm³/mol. The van der Waals surface area contributed by atoms with Gasteiger partial charge in [-0.1, -0.05) is 37.6 Å². The highest BCUT2D eigenvalue weighted by Crippen LogP contribution is 2.28. The minimum atomic E-state index is -0.305. The molecule has 0 aliphatic heterocycles.